The third-order valence-electron chi connectivity index (χ3n) is 3.21. The second-order valence-corrected chi connectivity index (χ2v) is 4.34. The Kier molecular flexibility index (Phi) is 4.48. The van der Waals surface area contributed by atoms with Gasteiger partial charge in [0.2, 0.25) is 11.7 Å². The molecule has 0 radical (unpaired) electrons. The number of nitrogens with zero attached hydrogens (tertiary/aromatic N) is 4. The molecule has 10 nitrogen and oxygen atoms in total. The molecule has 1 aliphatic rings. The quantitative estimate of drug-likeness (QED) is 0.531. The average Bonchev–Trinajstić information content (AvgIpc) is 2.53. The Morgan fingerprint density at radius 1 is 1.62 bits per heavy atom. The zero-order chi connectivity index (χ0) is 15.4. The maximum Gasteiger partial charge on any atom is 0.372 e. The number of carbonyl (C=O) groups is 1. The van der Waals surface area contributed by atoms with Gasteiger partial charge >= 0.3 is 5.69 Å². The number of ether oxygens (including phenoxy) is 1. The number of methoxy groups -OCH3 is 1. The van der Waals surface area contributed by atoms with E-state index in [0.717, 1.165) is 0 Å². The number of hydrogen-bond acceptors (Lipinski definition) is 8. The molecule has 114 valence electrons. The number of aromatic nitrogens is 2. The number of likely N-dealkylation sites (N-methyl/N-ethyl adjacent to an activating group) is 1. The lowest BCUT2D eigenvalue weighted by Crippen LogP contribution is -2.58. The summed E-state index contributed by atoms with van der Waals surface area (Å²) in [5, 5.41) is 16.9. The van der Waals surface area contributed by atoms with Crippen molar-refractivity contribution in [2.45, 2.75) is 6.04 Å². The van der Waals surface area contributed by atoms with E-state index in [0.29, 0.717) is 19.6 Å². The molecule has 0 aliphatic carbocycles. The molecule has 10 heteroatoms. The lowest BCUT2D eigenvalue weighted by Gasteiger charge is -2.35. The first-order chi connectivity index (χ1) is 10.1. The largest absolute Gasteiger partial charge is 0.476 e. The minimum atomic E-state index is -0.600. The molecular weight excluding hydrogens is 280 g/mol. The number of anilines is 1. The van der Waals surface area contributed by atoms with Crippen LogP contribution in [0.15, 0.2) is 6.33 Å². The zero-order valence-electron chi connectivity index (χ0n) is 11.7. The Hall–Kier alpha value is -2.49. The molecule has 1 atom stereocenters. The maximum atomic E-state index is 11.9. The number of piperazine rings is 1. The van der Waals surface area contributed by atoms with Gasteiger partial charge in [0.05, 0.1) is 12.0 Å². The van der Waals surface area contributed by atoms with Crippen LogP contribution in [0.3, 0.4) is 0 Å². The van der Waals surface area contributed by atoms with Crippen LogP contribution in [0.2, 0.25) is 0 Å². The fraction of sp³-hybridized carbons (Fsp3) is 0.545. The normalized spacial score (nSPS) is 18.2. The Morgan fingerprint density at radius 3 is 3.00 bits per heavy atom. The van der Waals surface area contributed by atoms with Crippen LogP contribution in [-0.2, 0) is 4.79 Å². The summed E-state index contributed by atoms with van der Waals surface area (Å²) in [7, 11) is 2.82. The number of carbonyl (C=O) groups excluding carboxylic acids is 1. The van der Waals surface area contributed by atoms with E-state index in [2.05, 4.69) is 20.6 Å². The van der Waals surface area contributed by atoms with Crippen LogP contribution in [0, 0.1) is 10.1 Å². The minimum absolute atomic E-state index is 0.0851. The second-order valence-electron chi connectivity index (χ2n) is 4.34. The highest BCUT2D eigenvalue weighted by atomic mass is 16.6. The van der Waals surface area contributed by atoms with Gasteiger partial charge in [0.1, 0.15) is 12.4 Å². The summed E-state index contributed by atoms with van der Waals surface area (Å²) in [4.78, 5) is 32.0. The molecule has 0 spiro atoms. The van der Waals surface area contributed by atoms with Gasteiger partial charge in [-0.2, -0.15) is 4.98 Å². The minimum Gasteiger partial charge on any atom is -0.476 e. The molecule has 2 rings (SSSR count). The zero-order valence-corrected chi connectivity index (χ0v) is 11.7. The third-order valence-corrected chi connectivity index (χ3v) is 3.21. The molecule has 1 saturated heterocycles. The fourth-order valence-electron chi connectivity index (χ4n) is 2.23. The van der Waals surface area contributed by atoms with Crippen molar-refractivity contribution in [3.05, 3.63) is 16.4 Å². The summed E-state index contributed by atoms with van der Waals surface area (Å²) in [6, 6.07) is -0.581. The summed E-state index contributed by atoms with van der Waals surface area (Å²) in [5.41, 5.74) is -0.337. The molecule has 0 saturated carbocycles. The standard InChI is InChI=1S/C11H16N6O4/c1-12-10(18)7-5-13-3-4-16(7)9-8(17(19)20)11(21-2)15-6-14-9/h6-7,13H,3-5H2,1-2H3,(H,12,18). The highest BCUT2D eigenvalue weighted by Crippen LogP contribution is 2.34. The molecule has 1 amide bonds. The van der Waals surface area contributed by atoms with E-state index in [1.54, 1.807) is 4.90 Å². The molecule has 0 bridgehead atoms. The highest BCUT2D eigenvalue weighted by molar-refractivity contribution is 5.86. The van der Waals surface area contributed by atoms with Gasteiger partial charge < -0.3 is 20.3 Å². The molecule has 1 fully saturated rings. The van der Waals surface area contributed by atoms with Crippen molar-refractivity contribution >= 4 is 17.4 Å². The predicted molar refractivity (Wildman–Crippen MR) is 73.3 cm³/mol. The number of nitrogens with one attached hydrogen (secondary N) is 2. The number of nitro groups is 1. The van der Waals surface area contributed by atoms with E-state index in [9.17, 15) is 14.9 Å². The van der Waals surface area contributed by atoms with Crippen LogP contribution in [0.5, 0.6) is 5.88 Å². The van der Waals surface area contributed by atoms with Crippen LogP contribution in [0.1, 0.15) is 0 Å². The van der Waals surface area contributed by atoms with Gasteiger partial charge in [-0.25, -0.2) is 4.98 Å². The van der Waals surface area contributed by atoms with Gasteiger partial charge in [0.25, 0.3) is 5.88 Å². The van der Waals surface area contributed by atoms with Gasteiger partial charge in [-0.15, -0.1) is 0 Å². The first-order valence-corrected chi connectivity index (χ1v) is 6.32. The van der Waals surface area contributed by atoms with Crippen molar-refractivity contribution in [1.82, 2.24) is 20.6 Å². The van der Waals surface area contributed by atoms with E-state index < -0.39 is 11.0 Å². The SMILES string of the molecule is CNC(=O)C1CNCCN1c1ncnc(OC)c1[N+](=O)[O-]. The summed E-state index contributed by atoms with van der Waals surface area (Å²) in [6.45, 7) is 1.39. The van der Waals surface area contributed by atoms with Gasteiger partial charge in [-0.1, -0.05) is 0 Å². The van der Waals surface area contributed by atoms with Crippen LogP contribution in [-0.4, -0.2) is 60.6 Å². The summed E-state index contributed by atoms with van der Waals surface area (Å²) >= 11 is 0. The molecule has 21 heavy (non-hydrogen) atoms. The maximum absolute atomic E-state index is 11.9. The number of hydrogen-bond donors (Lipinski definition) is 2. The van der Waals surface area contributed by atoms with Gasteiger partial charge in [0, 0.05) is 26.7 Å². The molecule has 1 aromatic heterocycles. The Bertz CT molecular complexity index is 552. The number of rotatable bonds is 4. The molecule has 1 unspecified atom stereocenters. The first kappa shape index (κ1) is 14.9. The van der Waals surface area contributed by atoms with Crippen molar-refractivity contribution in [3.63, 3.8) is 0 Å². The van der Waals surface area contributed by atoms with Crippen molar-refractivity contribution in [2.75, 3.05) is 38.7 Å². The van der Waals surface area contributed by atoms with Crippen LogP contribution >= 0.6 is 0 Å². The van der Waals surface area contributed by atoms with E-state index in [-0.39, 0.29) is 23.3 Å². The van der Waals surface area contributed by atoms with E-state index in [1.165, 1.54) is 20.5 Å². The molecule has 1 aromatic rings. The fourth-order valence-corrected chi connectivity index (χ4v) is 2.23. The lowest BCUT2D eigenvalue weighted by molar-refractivity contribution is -0.385. The topological polar surface area (TPSA) is 123 Å². The highest BCUT2D eigenvalue weighted by Gasteiger charge is 2.35. The first-order valence-electron chi connectivity index (χ1n) is 6.32. The van der Waals surface area contributed by atoms with Gasteiger partial charge in [-0.05, 0) is 0 Å². The van der Waals surface area contributed by atoms with Gasteiger partial charge in [-0.3, -0.25) is 14.9 Å². The summed E-state index contributed by atoms with van der Waals surface area (Å²) < 4.78 is 4.92. The van der Waals surface area contributed by atoms with Gasteiger partial charge in [0.15, 0.2) is 0 Å². The molecule has 2 N–H and O–H groups in total. The Labute approximate surface area is 120 Å². The molecule has 1 aliphatic heterocycles. The summed E-state index contributed by atoms with van der Waals surface area (Å²) in [5.74, 6) is -0.282. The van der Waals surface area contributed by atoms with Crippen LogP contribution < -0.4 is 20.3 Å². The third kappa shape index (κ3) is 2.84. The Morgan fingerprint density at radius 2 is 2.38 bits per heavy atom. The van der Waals surface area contributed by atoms with Crippen molar-refractivity contribution in [2.24, 2.45) is 0 Å². The number of amides is 1. The molecule has 2 heterocycles. The lowest BCUT2D eigenvalue weighted by atomic mass is 10.1. The predicted octanol–water partition coefficient (Wildman–Crippen LogP) is -1.08. The molecular formula is C11H16N6O4. The van der Waals surface area contributed by atoms with Crippen molar-refractivity contribution < 1.29 is 14.5 Å². The van der Waals surface area contributed by atoms with E-state index in [1.807, 2.05) is 0 Å². The second kappa shape index (κ2) is 6.31. The van der Waals surface area contributed by atoms with Crippen molar-refractivity contribution in [1.29, 1.82) is 0 Å². The van der Waals surface area contributed by atoms with Crippen LogP contribution in [0.4, 0.5) is 11.5 Å². The van der Waals surface area contributed by atoms with Crippen LogP contribution in [0.25, 0.3) is 0 Å². The molecule has 0 aromatic carbocycles. The summed E-state index contributed by atoms with van der Waals surface area (Å²) in [6.07, 6.45) is 1.18. The van der Waals surface area contributed by atoms with E-state index >= 15 is 0 Å². The van der Waals surface area contributed by atoms with E-state index in [4.69, 9.17) is 4.74 Å². The smallest absolute Gasteiger partial charge is 0.372 e. The Balaban J connectivity index is 2.48. The average molecular weight is 296 g/mol. The van der Waals surface area contributed by atoms with Crippen molar-refractivity contribution in [3.8, 4) is 5.88 Å². The monoisotopic (exact) mass is 296 g/mol.